The second-order valence-corrected chi connectivity index (χ2v) is 5.13. The number of hydrogen-bond donors (Lipinski definition) is 1. The Morgan fingerprint density at radius 3 is 2.75 bits per heavy atom. The molecular formula is C17H9N2O5+. The lowest BCUT2D eigenvalue weighted by molar-refractivity contribution is -0.334. The van der Waals surface area contributed by atoms with Crippen molar-refractivity contribution < 1.29 is 13.6 Å². The van der Waals surface area contributed by atoms with Crippen molar-refractivity contribution in [3.05, 3.63) is 62.5 Å². The van der Waals surface area contributed by atoms with Gasteiger partial charge in [-0.3, -0.25) is 14.0 Å². The van der Waals surface area contributed by atoms with Gasteiger partial charge < -0.3 is 9.40 Å². The predicted octanol–water partition coefficient (Wildman–Crippen LogP) is 1.64. The molecule has 7 nitrogen and oxygen atoms in total. The average molecular weight is 321 g/mol. The minimum atomic E-state index is -0.843. The molecule has 1 N–H and O–H groups in total. The number of carbonyl (C=O) groups is 1. The van der Waals surface area contributed by atoms with E-state index in [4.69, 9.17) is 4.42 Å². The summed E-state index contributed by atoms with van der Waals surface area (Å²) >= 11 is 0. The van der Waals surface area contributed by atoms with E-state index in [0.29, 0.717) is 11.1 Å². The van der Waals surface area contributed by atoms with E-state index in [9.17, 15) is 14.4 Å². The number of aromatic nitrogens is 2. The molecule has 1 aliphatic carbocycles. The third kappa shape index (κ3) is 1.95. The molecular weight excluding hydrogens is 312 g/mol. The molecule has 2 aliphatic rings. The van der Waals surface area contributed by atoms with Gasteiger partial charge in [0.25, 0.3) is 0 Å². The van der Waals surface area contributed by atoms with Crippen molar-refractivity contribution in [3.8, 4) is 11.5 Å². The minimum absolute atomic E-state index is 0.0339. The summed E-state index contributed by atoms with van der Waals surface area (Å²) in [6, 6.07) is 9.29. The molecule has 1 aliphatic heterocycles. The van der Waals surface area contributed by atoms with E-state index in [0.717, 1.165) is 6.07 Å². The second kappa shape index (κ2) is 4.95. The van der Waals surface area contributed by atoms with Crippen molar-refractivity contribution in [3.63, 3.8) is 0 Å². The molecule has 4 rings (SSSR count). The summed E-state index contributed by atoms with van der Waals surface area (Å²) < 4.78 is 10.0. The molecule has 1 aromatic heterocycles. The van der Waals surface area contributed by atoms with Crippen LogP contribution in [0.5, 0.6) is 0 Å². The zero-order chi connectivity index (χ0) is 16.8. The van der Waals surface area contributed by atoms with E-state index < -0.39 is 16.8 Å². The lowest BCUT2D eigenvalue weighted by Gasteiger charge is -2.08. The van der Waals surface area contributed by atoms with E-state index in [2.05, 4.69) is 21.2 Å². The quantitative estimate of drug-likeness (QED) is 0.326. The van der Waals surface area contributed by atoms with Gasteiger partial charge in [-0.15, -0.1) is 0 Å². The molecule has 1 aromatic carbocycles. The first kappa shape index (κ1) is 14.0. The van der Waals surface area contributed by atoms with Gasteiger partial charge in [-0.05, 0) is 12.1 Å². The number of aromatic amines is 1. The van der Waals surface area contributed by atoms with Crippen LogP contribution in [-0.2, 0) is 4.42 Å². The van der Waals surface area contributed by atoms with Gasteiger partial charge in [0.2, 0.25) is 11.1 Å². The summed E-state index contributed by atoms with van der Waals surface area (Å²) in [4.78, 5) is 43.4. The fourth-order valence-corrected chi connectivity index (χ4v) is 2.61. The van der Waals surface area contributed by atoms with Crippen LogP contribution in [0.25, 0.3) is 33.5 Å². The van der Waals surface area contributed by atoms with Gasteiger partial charge >= 0.3 is 5.97 Å². The van der Waals surface area contributed by atoms with Gasteiger partial charge in [0.05, 0.1) is 10.2 Å². The van der Waals surface area contributed by atoms with Crippen LogP contribution < -0.4 is 10.9 Å². The molecule has 0 atom stereocenters. The van der Waals surface area contributed by atoms with E-state index in [1.165, 1.54) is 6.07 Å². The number of nitrogens with one attached hydrogen (secondary N) is 1. The zero-order valence-corrected chi connectivity index (χ0v) is 12.2. The molecule has 2 aromatic rings. The maximum absolute atomic E-state index is 12.5. The third-order valence-electron chi connectivity index (χ3n) is 3.68. The fourth-order valence-electron chi connectivity index (χ4n) is 2.61. The van der Waals surface area contributed by atoms with Gasteiger partial charge in [-0.2, -0.15) is 0 Å². The van der Waals surface area contributed by atoms with Crippen molar-refractivity contribution in [2.24, 2.45) is 0 Å². The van der Waals surface area contributed by atoms with E-state index in [1.54, 1.807) is 24.3 Å². The molecule has 24 heavy (non-hydrogen) atoms. The molecule has 2 heterocycles. The SMILES string of the molecule is C=[O+]C(=O)c1cc(=O)c2c3nc4ccccc4oc-3cc(=O)c2[nH]1. The Morgan fingerprint density at radius 1 is 1.17 bits per heavy atom. The Kier molecular flexibility index (Phi) is 2.89. The molecule has 0 amide bonds. The molecule has 7 heteroatoms. The molecule has 0 saturated heterocycles. The standard InChI is InChI=1S/C17H8N2O5/c1-23-17(22)9-6-10(20)14-15(19-9)11(21)7-13-16(14)18-8-4-2-3-5-12(8)24-13/h2-7H,1H2/p+1. The maximum Gasteiger partial charge on any atom is 0.629 e. The normalized spacial score (nSPS) is 11.2. The first-order valence-electron chi connectivity index (χ1n) is 6.94. The van der Waals surface area contributed by atoms with Crippen LogP contribution >= 0.6 is 0 Å². The summed E-state index contributed by atoms with van der Waals surface area (Å²) in [5.74, 6) is -0.645. The van der Waals surface area contributed by atoms with Gasteiger partial charge in [0, 0.05) is 12.1 Å². The number of benzene rings is 2. The van der Waals surface area contributed by atoms with Crippen molar-refractivity contribution in [1.82, 2.24) is 9.97 Å². The lowest BCUT2D eigenvalue weighted by atomic mass is 10.1. The molecule has 0 fully saturated rings. The van der Waals surface area contributed by atoms with Crippen molar-refractivity contribution in [2.45, 2.75) is 0 Å². The van der Waals surface area contributed by atoms with Crippen LogP contribution in [0.4, 0.5) is 0 Å². The molecule has 0 radical (unpaired) electrons. The Balaban J connectivity index is 2.21. The molecule has 0 unspecified atom stereocenters. The monoisotopic (exact) mass is 321 g/mol. The summed E-state index contributed by atoms with van der Waals surface area (Å²) in [7, 11) is 0. The second-order valence-electron chi connectivity index (χ2n) is 5.13. The van der Waals surface area contributed by atoms with Crippen molar-refractivity contribution in [1.29, 1.82) is 0 Å². The summed E-state index contributed by atoms with van der Waals surface area (Å²) in [5, 5.41) is 0.0626. The Hall–Kier alpha value is -3.61. The van der Waals surface area contributed by atoms with Gasteiger partial charge in [-0.1, -0.05) is 12.1 Å². The van der Waals surface area contributed by atoms with E-state index in [1.807, 2.05) is 0 Å². The number of fused-ring (bicyclic) bond motifs is 4. The lowest BCUT2D eigenvalue weighted by Crippen LogP contribution is -2.17. The predicted molar refractivity (Wildman–Crippen MR) is 86.5 cm³/mol. The van der Waals surface area contributed by atoms with Crippen LogP contribution in [0.3, 0.4) is 0 Å². The van der Waals surface area contributed by atoms with Crippen molar-refractivity contribution in [2.75, 3.05) is 0 Å². The van der Waals surface area contributed by atoms with Crippen molar-refractivity contribution >= 4 is 34.8 Å². The summed E-state index contributed by atoms with van der Waals surface area (Å²) in [6.07, 6.45) is 0. The Bertz CT molecular complexity index is 1240. The highest BCUT2D eigenvalue weighted by atomic mass is 16.4. The zero-order valence-electron chi connectivity index (χ0n) is 12.2. The smallest absolute Gasteiger partial charge is 0.453 e. The average Bonchev–Trinajstić information content (AvgIpc) is 2.59. The number of pyridine rings is 1. The van der Waals surface area contributed by atoms with Gasteiger partial charge in [0.15, 0.2) is 23.6 Å². The molecule has 0 saturated carbocycles. The Morgan fingerprint density at radius 2 is 1.96 bits per heavy atom. The number of rotatable bonds is 1. The first-order valence-corrected chi connectivity index (χ1v) is 6.94. The number of nitrogens with zero attached hydrogens (tertiary/aromatic N) is 1. The fraction of sp³-hybridized carbons (Fsp3) is 0. The van der Waals surface area contributed by atoms with E-state index >= 15 is 0 Å². The summed E-state index contributed by atoms with van der Waals surface area (Å²) in [5.41, 5.74) is 0.0751. The van der Waals surface area contributed by atoms with Gasteiger partial charge in [0.1, 0.15) is 16.7 Å². The Labute approximate surface area is 133 Å². The first-order chi connectivity index (χ1) is 11.6. The topological polar surface area (TPSA) is 104 Å². The van der Waals surface area contributed by atoms with Gasteiger partial charge in [-0.25, -0.2) is 4.98 Å². The largest absolute Gasteiger partial charge is 0.629 e. The number of carbonyl (C=O) groups excluding carboxylic acids is 2. The number of H-pyrrole nitrogens is 1. The maximum atomic E-state index is 12.5. The van der Waals surface area contributed by atoms with Crippen LogP contribution in [0.2, 0.25) is 0 Å². The van der Waals surface area contributed by atoms with E-state index in [-0.39, 0.29) is 28.1 Å². The molecule has 116 valence electrons. The molecule has 0 spiro atoms. The van der Waals surface area contributed by atoms with Crippen LogP contribution in [-0.4, -0.2) is 22.7 Å². The highest BCUT2D eigenvalue weighted by molar-refractivity contribution is 5.96. The number of hydrogen-bond acceptors (Lipinski definition) is 5. The highest BCUT2D eigenvalue weighted by Gasteiger charge is 2.24. The summed E-state index contributed by atoms with van der Waals surface area (Å²) in [6.45, 7) is 3.00. The van der Waals surface area contributed by atoms with Crippen LogP contribution in [0, 0.1) is 0 Å². The van der Waals surface area contributed by atoms with Crippen LogP contribution in [0.15, 0.2) is 50.4 Å². The highest BCUT2D eigenvalue weighted by Crippen LogP contribution is 2.27. The van der Waals surface area contributed by atoms with Crippen LogP contribution in [0.1, 0.15) is 10.5 Å². The third-order valence-corrected chi connectivity index (χ3v) is 3.68. The molecule has 0 bridgehead atoms. The minimum Gasteiger partial charge on any atom is -0.453 e. The number of para-hydroxylation sites is 2.